The van der Waals surface area contributed by atoms with Gasteiger partial charge >= 0.3 is 0 Å². The number of rotatable bonds is 4. The third kappa shape index (κ3) is 4.18. The molecule has 0 aromatic rings. The fraction of sp³-hybridized carbons (Fsp3) is 0.909. The molecular weight excluding hydrogens is 190 g/mol. The second-order valence-electron chi connectivity index (χ2n) is 4.61. The van der Waals surface area contributed by atoms with E-state index in [2.05, 4.69) is 0 Å². The Kier molecular flexibility index (Phi) is 5.05. The molecule has 0 spiro atoms. The standard InChI is InChI=1S/C11H23N3O/c1-13(2)6-5-11(15)14-7-3-10(9-12)4-8-14/h10H,3-9,12H2,1-2H3. The highest BCUT2D eigenvalue weighted by Gasteiger charge is 2.21. The Labute approximate surface area is 92.4 Å². The van der Waals surface area contributed by atoms with Crippen LogP contribution in [0, 0.1) is 5.92 Å². The van der Waals surface area contributed by atoms with E-state index < -0.39 is 0 Å². The largest absolute Gasteiger partial charge is 0.343 e. The predicted molar refractivity (Wildman–Crippen MR) is 61.5 cm³/mol. The molecule has 4 heteroatoms. The van der Waals surface area contributed by atoms with Gasteiger partial charge in [-0.3, -0.25) is 4.79 Å². The van der Waals surface area contributed by atoms with Crippen LogP contribution >= 0.6 is 0 Å². The van der Waals surface area contributed by atoms with E-state index in [1.165, 1.54) is 0 Å². The second-order valence-corrected chi connectivity index (χ2v) is 4.61. The lowest BCUT2D eigenvalue weighted by Gasteiger charge is -2.31. The predicted octanol–water partition coefficient (Wildman–Crippen LogP) is 0.135. The average Bonchev–Trinajstić information content (AvgIpc) is 2.26. The van der Waals surface area contributed by atoms with Crippen LogP contribution in [0.2, 0.25) is 0 Å². The van der Waals surface area contributed by atoms with Crippen molar-refractivity contribution in [2.75, 3.05) is 40.3 Å². The van der Waals surface area contributed by atoms with Gasteiger partial charge in [0.15, 0.2) is 0 Å². The van der Waals surface area contributed by atoms with Crippen LogP contribution in [0.4, 0.5) is 0 Å². The highest BCUT2D eigenvalue weighted by molar-refractivity contribution is 5.76. The maximum atomic E-state index is 11.8. The van der Waals surface area contributed by atoms with E-state index >= 15 is 0 Å². The lowest BCUT2D eigenvalue weighted by Crippen LogP contribution is -2.40. The molecule has 1 saturated heterocycles. The number of carbonyl (C=O) groups excluding carboxylic acids is 1. The summed E-state index contributed by atoms with van der Waals surface area (Å²) >= 11 is 0. The maximum Gasteiger partial charge on any atom is 0.223 e. The molecule has 1 aliphatic heterocycles. The van der Waals surface area contributed by atoms with Gasteiger partial charge in [0.25, 0.3) is 0 Å². The van der Waals surface area contributed by atoms with Crippen LogP contribution in [0.3, 0.4) is 0 Å². The Hall–Kier alpha value is -0.610. The molecule has 15 heavy (non-hydrogen) atoms. The summed E-state index contributed by atoms with van der Waals surface area (Å²) in [4.78, 5) is 15.8. The Morgan fingerprint density at radius 3 is 2.47 bits per heavy atom. The zero-order valence-electron chi connectivity index (χ0n) is 9.91. The van der Waals surface area contributed by atoms with Crippen LogP contribution in [0.1, 0.15) is 19.3 Å². The number of likely N-dealkylation sites (tertiary alicyclic amines) is 1. The first kappa shape index (κ1) is 12.5. The van der Waals surface area contributed by atoms with E-state index in [0.29, 0.717) is 18.2 Å². The molecule has 1 heterocycles. The minimum atomic E-state index is 0.291. The van der Waals surface area contributed by atoms with Gasteiger partial charge in [0.05, 0.1) is 0 Å². The molecule has 0 saturated carbocycles. The number of carbonyl (C=O) groups is 1. The third-order valence-corrected chi connectivity index (χ3v) is 3.07. The van der Waals surface area contributed by atoms with Crippen LogP contribution in [-0.4, -0.2) is 56.0 Å². The minimum absolute atomic E-state index is 0.291. The van der Waals surface area contributed by atoms with E-state index in [0.717, 1.165) is 39.0 Å². The first-order chi connectivity index (χ1) is 7.13. The van der Waals surface area contributed by atoms with Crippen LogP contribution in [-0.2, 0) is 4.79 Å². The first-order valence-electron chi connectivity index (χ1n) is 5.76. The quantitative estimate of drug-likeness (QED) is 0.722. The van der Waals surface area contributed by atoms with Crippen molar-refractivity contribution in [3.05, 3.63) is 0 Å². The molecule has 2 N–H and O–H groups in total. The summed E-state index contributed by atoms with van der Waals surface area (Å²) in [5, 5.41) is 0. The fourth-order valence-corrected chi connectivity index (χ4v) is 1.90. The molecule has 4 nitrogen and oxygen atoms in total. The van der Waals surface area contributed by atoms with Gasteiger partial charge in [0.1, 0.15) is 0 Å². The topological polar surface area (TPSA) is 49.6 Å². The Morgan fingerprint density at radius 2 is 2.00 bits per heavy atom. The van der Waals surface area contributed by atoms with Crippen molar-refractivity contribution in [2.45, 2.75) is 19.3 Å². The monoisotopic (exact) mass is 213 g/mol. The molecule has 1 rings (SSSR count). The average molecular weight is 213 g/mol. The number of amides is 1. The Balaban J connectivity index is 2.24. The van der Waals surface area contributed by atoms with Gasteiger partial charge in [-0.2, -0.15) is 0 Å². The molecule has 0 aromatic carbocycles. The summed E-state index contributed by atoms with van der Waals surface area (Å²) in [5.74, 6) is 0.919. The number of nitrogens with zero attached hydrogens (tertiary/aromatic N) is 2. The number of piperidine rings is 1. The van der Waals surface area contributed by atoms with Crippen LogP contribution in [0.5, 0.6) is 0 Å². The van der Waals surface area contributed by atoms with Crippen molar-refractivity contribution < 1.29 is 4.79 Å². The van der Waals surface area contributed by atoms with Gasteiger partial charge < -0.3 is 15.5 Å². The molecular formula is C11H23N3O. The molecule has 0 unspecified atom stereocenters. The van der Waals surface area contributed by atoms with Crippen molar-refractivity contribution in [1.82, 2.24) is 9.80 Å². The first-order valence-corrected chi connectivity index (χ1v) is 5.76. The zero-order valence-corrected chi connectivity index (χ0v) is 9.91. The van der Waals surface area contributed by atoms with E-state index in [1.54, 1.807) is 0 Å². The molecule has 0 atom stereocenters. The van der Waals surface area contributed by atoms with Crippen molar-refractivity contribution in [3.63, 3.8) is 0 Å². The summed E-state index contributed by atoms with van der Waals surface area (Å²) in [6.45, 7) is 3.40. The molecule has 1 fully saturated rings. The highest BCUT2D eigenvalue weighted by Crippen LogP contribution is 2.16. The third-order valence-electron chi connectivity index (χ3n) is 3.07. The van der Waals surface area contributed by atoms with E-state index in [9.17, 15) is 4.79 Å². The number of nitrogens with two attached hydrogens (primary N) is 1. The van der Waals surface area contributed by atoms with Gasteiger partial charge in [0.2, 0.25) is 5.91 Å². The molecule has 0 radical (unpaired) electrons. The normalized spacial score (nSPS) is 18.5. The number of hydrogen-bond donors (Lipinski definition) is 1. The second kappa shape index (κ2) is 6.08. The minimum Gasteiger partial charge on any atom is -0.343 e. The Morgan fingerprint density at radius 1 is 1.40 bits per heavy atom. The molecule has 1 amide bonds. The zero-order chi connectivity index (χ0) is 11.3. The molecule has 0 aromatic heterocycles. The molecule has 88 valence electrons. The van der Waals surface area contributed by atoms with Gasteiger partial charge in [-0.25, -0.2) is 0 Å². The van der Waals surface area contributed by atoms with Crippen molar-refractivity contribution >= 4 is 5.91 Å². The van der Waals surface area contributed by atoms with Crippen LogP contribution in [0.25, 0.3) is 0 Å². The fourth-order valence-electron chi connectivity index (χ4n) is 1.90. The van der Waals surface area contributed by atoms with Gasteiger partial charge in [-0.15, -0.1) is 0 Å². The molecule has 0 bridgehead atoms. The van der Waals surface area contributed by atoms with Crippen LogP contribution < -0.4 is 5.73 Å². The van der Waals surface area contributed by atoms with Gasteiger partial charge in [0, 0.05) is 26.1 Å². The van der Waals surface area contributed by atoms with Gasteiger partial charge in [-0.05, 0) is 39.4 Å². The summed E-state index contributed by atoms with van der Waals surface area (Å²) < 4.78 is 0. The lowest BCUT2D eigenvalue weighted by molar-refractivity contribution is -0.132. The van der Waals surface area contributed by atoms with Crippen molar-refractivity contribution in [3.8, 4) is 0 Å². The smallest absolute Gasteiger partial charge is 0.223 e. The summed E-state index contributed by atoms with van der Waals surface area (Å²) in [6.07, 6.45) is 2.79. The summed E-state index contributed by atoms with van der Waals surface area (Å²) in [6, 6.07) is 0. The molecule has 1 aliphatic rings. The molecule has 0 aliphatic carbocycles. The van der Waals surface area contributed by atoms with E-state index in [4.69, 9.17) is 5.73 Å². The summed E-state index contributed by atoms with van der Waals surface area (Å²) in [5.41, 5.74) is 5.61. The van der Waals surface area contributed by atoms with Crippen LogP contribution in [0.15, 0.2) is 0 Å². The maximum absolute atomic E-state index is 11.8. The summed E-state index contributed by atoms with van der Waals surface area (Å²) in [7, 11) is 3.99. The SMILES string of the molecule is CN(C)CCC(=O)N1CCC(CN)CC1. The Bertz CT molecular complexity index is 198. The van der Waals surface area contributed by atoms with E-state index in [-0.39, 0.29) is 0 Å². The number of hydrogen-bond acceptors (Lipinski definition) is 3. The highest BCUT2D eigenvalue weighted by atomic mass is 16.2. The van der Waals surface area contributed by atoms with Crippen molar-refractivity contribution in [1.29, 1.82) is 0 Å². The lowest BCUT2D eigenvalue weighted by atomic mass is 9.97. The van der Waals surface area contributed by atoms with E-state index in [1.807, 2.05) is 23.9 Å². The van der Waals surface area contributed by atoms with Crippen molar-refractivity contribution in [2.24, 2.45) is 11.7 Å². The van der Waals surface area contributed by atoms with Gasteiger partial charge in [-0.1, -0.05) is 0 Å².